The van der Waals surface area contributed by atoms with Crippen LogP contribution in [0, 0.1) is 6.92 Å². The summed E-state index contributed by atoms with van der Waals surface area (Å²) in [5.74, 6) is 0. The number of nitrogens with zero attached hydrogens (tertiary/aromatic N) is 1. The van der Waals surface area contributed by atoms with Crippen molar-refractivity contribution in [3.63, 3.8) is 0 Å². The van der Waals surface area contributed by atoms with Gasteiger partial charge in [0.1, 0.15) is 0 Å². The molecule has 2 heteroatoms. The van der Waals surface area contributed by atoms with Crippen LogP contribution in [-0.4, -0.2) is 11.6 Å². The van der Waals surface area contributed by atoms with E-state index in [-0.39, 0.29) is 0 Å². The molecule has 0 saturated heterocycles. The van der Waals surface area contributed by atoms with Crippen LogP contribution in [0.4, 0.5) is 0 Å². The maximum atomic E-state index is 3.34. The van der Waals surface area contributed by atoms with Crippen LogP contribution in [0.5, 0.6) is 0 Å². The first-order valence-electron chi connectivity index (χ1n) is 6.34. The molecular formula is C15H22N2. The van der Waals surface area contributed by atoms with E-state index in [2.05, 4.69) is 61.8 Å². The maximum Gasteiger partial charge on any atom is 0.0488 e. The van der Waals surface area contributed by atoms with Gasteiger partial charge in [-0.1, -0.05) is 12.1 Å². The number of fused-ring (bicyclic) bond motifs is 1. The van der Waals surface area contributed by atoms with Crippen molar-refractivity contribution in [3.8, 4) is 0 Å². The molecule has 0 aliphatic rings. The fraction of sp³-hybridized carbons (Fsp3) is 0.467. The average molecular weight is 230 g/mol. The molecule has 0 aliphatic heterocycles. The lowest BCUT2D eigenvalue weighted by Crippen LogP contribution is -2.17. The minimum atomic E-state index is 0.379. The normalized spacial score (nSPS) is 13.5. The zero-order valence-electron chi connectivity index (χ0n) is 11.4. The summed E-state index contributed by atoms with van der Waals surface area (Å²) in [6.45, 7) is 8.88. The number of aromatic nitrogens is 1. The van der Waals surface area contributed by atoms with E-state index in [9.17, 15) is 0 Å². The third kappa shape index (κ3) is 1.98. The summed E-state index contributed by atoms with van der Waals surface area (Å²) in [6.07, 6.45) is 0. The summed E-state index contributed by atoms with van der Waals surface area (Å²) in [4.78, 5) is 0. The van der Waals surface area contributed by atoms with Gasteiger partial charge in [-0.05, 0) is 52.4 Å². The molecule has 1 N–H and O–H groups in total. The molecule has 0 spiro atoms. The van der Waals surface area contributed by atoms with E-state index in [0.717, 1.165) is 0 Å². The number of hydrogen-bond acceptors (Lipinski definition) is 1. The minimum absolute atomic E-state index is 0.379. The van der Waals surface area contributed by atoms with Crippen LogP contribution in [-0.2, 0) is 0 Å². The largest absolute Gasteiger partial charge is 0.341 e. The van der Waals surface area contributed by atoms with E-state index in [1.54, 1.807) is 0 Å². The van der Waals surface area contributed by atoms with Crippen molar-refractivity contribution in [2.45, 2.75) is 39.8 Å². The Morgan fingerprint density at radius 1 is 1.18 bits per heavy atom. The van der Waals surface area contributed by atoms with Crippen molar-refractivity contribution in [2.24, 2.45) is 0 Å². The number of hydrogen-bond donors (Lipinski definition) is 1. The molecule has 17 heavy (non-hydrogen) atoms. The molecule has 0 amide bonds. The van der Waals surface area contributed by atoms with E-state index < -0.39 is 0 Å². The molecule has 0 bridgehead atoms. The highest BCUT2D eigenvalue weighted by Gasteiger charge is 2.15. The van der Waals surface area contributed by atoms with Crippen LogP contribution >= 0.6 is 0 Å². The first-order chi connectivity index (χ1) is 8.06. The predicted molar refractivity (Wildman–Crippen MR) is 74.5 cm³/mol. The van der Waals surface area contributed by atoms with E-state index in [1.165, 1.54) is 22.2 Å². The van der Waals surface area contributed by atoms with Crippen molar-refractivity contribution in [2.75, 3.05) is 7.05 Å². The Balaban J connectivity index is 2.75. The first kappa shape index (κ1) is 12.2. The van der Waals surface area contributed by atoms with Gasteiger partial charge >= 0.3 is 0 Å². The molecule has 1 atom stereocenters. The number of benzene rings is 1. The number of aryl methyl sites for hydroxylation is 1. The highest BCUT2D eigenvalue weighted by atomic mass is 15.0. The van der Waals surface area contributed by atoms with Crippen LogP contribution in [0.2, 0.25) is 0 Å². The number of rotatable bonds is 3. The Morgan fingerprint density at radius 2 is 1.88 bits per heavy atom. The maximum absolute atomic E-state index is 3.34. The predicted octanol–water partition coefficient (Wildman–Crippen LogP) is 3.81. The fourth-order valence-electron chi connectivity index (χ4n) is 2.48. The van der Waals surface area contributed by atoms with E-state index in [1.807, 2.05) is 7.05 Å². The Bertz CT molecular complexity index is 523. The summed E-state index contributed by atoms with van der Waals surface area (Å²) < 4.78 is 2.43. The highest BCUT2D eigenvalue weighted by Crippen LogP contribution is 2.29. The van der Waals surface area contributed by atoms with Crippen molar-refractivity contribution in [1.29, 1.82) is 0 Å². The number of nitrogens with one attached hydrogen (secondary N) is 1. The molecule has 0 saturated carbocycles. The van der Waals surface area contributed by atoms with Crippen LogP contribution in [0.3, 0.4) is 0 Å². The molecule has 92 valence electrons. The second-order valence-electron chi connectivity index (χ2n) is 5.05. The van der Waals surface area contributed by atoms with Crippen LogP contribution in [0.25, 0.3) is 10.9 Å². The Kier molecular flexibility index (Phi) is 3.25. The fourth-order valence-corrected chi connectivity index (χ4v) is 2.48. The van der Waals surface area contributed by atoms with E-state index >= 15 is 0 Å². The molecule has 1 aromatic heterocycles. The van der Waals surface area contributed by atoms with Crippen LogP contribution in [0.1, 0.15) is 44.1 Å². The molecule has 2 rings (SSSR count). The summed E-state index contributed by atoms with van der Waals surface area (Å²) >= 11 is 0. The van der Waals surface area contributed by atoms with E-state index in [4.69, 9.17) is 0 Å². The van der Waals surface area contributed by atoms with Gasteiger partial charge in [0.05, 0.1) is 0 Å². The lowest BCUT2D eigenvalue weighted by molar-refractivity contribution is 0.535. The SMILES string of the molecule is CNC(C)c1cc2c(C)cccc2n1C(C)C. The standard InChI is InChI=1S/C15H22N2/c1-10(2)17-14-8-6-7-11(3)13(14)9-15(17)12(4)16-5/h6-10,12,16H,1-5H3. The smallest absolute Gasteiger partial charge is 0.0488 e. The second kappa shape index (κ2) is 4.53. The molecule has 1 unspecified atom stereocenters. The van der Waals surface area contributed by atoms with Gasteiger partial charge in [0.25, 0.3) is 0 Å². The minimum Gasteiger partial charge on any atom is -0.341 e. The van der Waals surface area contributed by atoms with Crippen LogP contribution in [0.15, 0.2) is 24.3 Å². The van der Waals surface area contributed by atoms with Gasteiger partial charge in [-0.25, -0.2) is 0 Å². The van der Waals surface area contributed by atoms with Gasteiger partial charge in [0.15, 0.2) is 0 Å². The van der Waals surface area contributed by atoms with Crippen molar-refractivity contribution < 1.29 is 0 Å². The lowest BCUT2D eigenvalue weighted by Gasteiger charge is -2.18. The van der Waals surface area contributed by atoms with Gasteiger partial charge in [-0.2, -0.15) is 0 Å². The highest BCUT2D eigenvalue weighted by molar-refractivity contribution is 5.85. The third-order valence-corrected chi connectivity index (χ3v) is 3.52. The topological polar surface area (TPSA) is 17.0 Å². The van der Waals surface area contributed by atoms with Crippen LogP contribution < -0.4 is 5.32 Å². The Hall–Kier alpha value is -1.28. The van der Waals surface area contributed by atoms with Gasteiger partial charge < -0.3 is 9.88 Å². The van der Waals surface area contributed by atoms with Gasteiger partial charge in [0, 0.05) is 28.7 Å². The molecule has 1 heterocycles. The Morgan fingerprint density at radius 3 is 2.47 bits per heavy atom. The molecule has 0 fully saturated rings. The Labute approximate surface area is 104 Å². The van der Waals surface area contributed by atoms with Gasteiger partial charge in [-0.3, -0.25) is 0 Å². The molecule has 2 nitrogen and oxygen atoms in total. The molecule has 2 aromatic rings. The zero-order valence-corrected chi connectivity index (χ0v) is 11.4. The quantitative estimate of drug-likeness (QED) is 0.848. The monoisotopic (exact) mass is 230 g/mol. The third-order valence-electron chi connectivity index (χ3n) is 3.52. The average Bonchev–Trinajstić information content (AvgIpc) is 2.68. The molecule has 0 radical (unpaired) electrons. The molecule has 1 aromatic carbocycles. The van der Waals surface area contributed by atoms with Gasteiger partial charge in [0.2, 0.25) is 0 Å². The summed E-state index contributed by atoms with van der Waals surface area (Å²) in [7, 11) is 2.01. The van der Waals surface area contributed by atoms with Gasteiger partial charge in [-0.15, -0.1) is 0 Å². The molecular weight excluding hydrogens is 208 g/mol. The second-order valence-corrected chi connectivity index (χ2v) is 5.05. The summed E-state index contributed by atoms with van der Waals surface area (Å²) in [5.41, 5.74) is 4.07. The summed E-state index contributed by atoms with van der Waals surface area (Å²) in [6, 6.07) is 9.73. The van der Waals surface area contributed by atoms with Crippen molar-refractivity contribution in [3.05, 3.63) is 35.5 Å². The van der Waals surface area contributed by atoms with Crippen molar-refractivity contribution in [1.82, 2.24) is 9.88 Å². The van der Waals surface area contributed by atoms with Crippen molar-refractivity contribution >= 4 is 10.9 Å². The first-order valence-corrected chi connectivity index (χ1v) is 6.34. The lowest BCUT2D eigenvalue weighted by atomic mass is 10.1. The van der Waals surface area contributed by atoms with E-state index in [0.29, 0.717) is 12.1 Å². The zero-order chi connectivity index (χ0) is 12.6. The summed E-state index contributed by atoms with van der Waals surface area (Å²) in [5, 5.41) is 4.71. The molecule has 0 aliphatic carbocycles.